The summed E-state index contributed by atoms with van der Waals surface area (Å²) in [5.41, 5.74) is 1.07. The number of carbonyl (C=O) groups is 2. The van der Waals surface area contributed by atoms with Crippen LogP contribution in [0.15, 0.2) is 53.4 Å². The Labute approximate surface area is 162 Å². The lowest BCUT2D eigenvalue weighted by molar-refractivity contribution is -0.116. The maximum Gasteiger partial charge on any atom is 0.413 e. The third kappa shape index (κ3) is 5.76. The zero-order valence-electron chi connectivity index (χ0n) is 15.3. The molecule has 0 saturated carbocycles. The van der Waals surface area contributed by atoms with E-state index >= 15 is 0 Å². The summed E-state index contributed by atoms with van der Waals surface area (Å²) in [4.78, 5) is 24.6. The topological polar surface area (TPSA) is 105 Å². The maximum absolute atomic E-state index is 12.9. The van der Waals surface area contributed by atoms with Crippen LogP contribution in [0.4, 0.5) is 20.6 Å². The predicted molar refractivity (Wildman–Crippen MR) is 102 cm³/mol. The molecule has 0 aliphatic heterocycles. The molecule has 0 bridgehead atoms. The molecule has 0 aromatic heterocycles. The summed E-state index contributed by atoms with van der Waals surface area (Å²) in [7, 11) is -0.994. The number of hydrogen-bond acceptors (Lipinski definition) is 5. The van der Waals surface area contributed by atoms with Crippen molar-refractivity contribution in [1.82, 2.24) is 4.72 Å². The summed E-state index contributed by atoms with van der Waals surface area (Å²) >= 11 is 0. The summed E-state index contributed by atoms with van der Waals surface area (Å²) < 4.78 is 43.9. The summed E-state index contributed by atoms with van der Waals surface area (Å²) in [6, 6.07) is 10.8. The van der Waals surface area contributed by atoms with Gasteiger partial charge in [0.05, 0.1) is 12.0 Å². The highest BCUT2D eigenvalue weighted by molar-refractivity contribution is 7.89. The highest BCUT2D eigenvalue weighted by Crippen LogP contribution is 2.17. The van der Waals surface area contributed by atoms with E-state index in [1.807, 2.05) is 0 Å². The number of rotatable bonds is 7. The van der Waals surface area contributed by atoms with Crippen molar-refractivity contribution in [3.05, 3.63) is 54.3 Å². The number of methoxy groups -OCH3 is 1. The van der Waals surface area contributed by atoms with Crippen LogP contribution in [0.2, 0.25) is 0 Å². The van der Waals surface area contributed by atoms with Gasteiger partial charge in [-0.3, -0.25) is 9.69 Å². The average Bonchev–Trinajstić information content (AvgIpc) is 2.67. The van der Waals surface area contributed by atoms with Gasteiger partial charge in [0.1, 0.15) is 5.82 Å². The number of anilines is 2. The number of carbonyl (C=O) groups excluding carboxylic acids is 2. The van der Waals surface area contributed by atoms with Crippen molar-refractivity contribution >= 4 is 33.4 Å². The second-order valence-electron chi connectivity index (χ2n) is 5.73. The molecular formula is C18H20FN3O5S. The summed E-state index contributed by atoms with van der Waals surface area (Å²) in [6.45, 7) is -0.116. The molecule has 0 atom stereocenters. The van der Waals surface area contributed by atoms with Gasteiger partial charge >= 0.3 is 6.09 Å². The van der Waals surface area contributed by atoms with Gasteiger partial charge in [0.15, 0.2) is 0 Å². The van der Waals surface area contributed by atoms with Crippen molar-refractivity contribution in [2.45, 2.75) is 11.3 Å². The third-order valence-electron chi connectivity index (χ3n) is 3.75. The number of hydrogen-bond donors (Lipinski definition) is 2. The van der Waals surface area contributed by atoms with Gasteiger partial charge in [-0.05, 0) is 48.5 Å². The Morgan fingerprint density at radius 2 is 1.68 bits per heavy atom. The quantitative estimate of drug-likeness (QED) is 0.730. The van der Waals surface area contributed by atoms with Gasteiger partial charge in [0.25, 0.3) is 0 Å². The lowest BCUT2D eigenvalue weighted by atomic mass is 10.2. The Morgan fingerprint density at radius 1 is 1.07 bits per heavy atom. The molecule has 0 unspecified atom stereocenters. The first-order valence-electron chi connectivity index (χ1n) is 8.20. The van der Waals surface area contributed by atoms with E-state index < -0.39 is 27.8 Å². The molecule has 28 heavy (non-hydrogen) atoms. The monoisotopic (exact) mass is 409 g/mol. The number of ether oxygens (including phenoxy) is 1. The average molecular weight is 409 g/mol. The second kappa shape index (κ2) is 9.29. The van der Waals surface area contributed by atoms with Crippen molar-refractivity contribution in [2.75, 3.05) is 30.9 Å². The first kappa shape index (κ1) is 21.3. The molecule has 0 spiro atoms. The number of nitrogens with zero attached hydrogens (tertiary/aromatic N) is 1. The fourth-order valence-corrected chi connectivity index (χ4v) is 3.26. The fourth-order valence-electron chi connectivity index (χ4n) is 2.23. The van der Waals surface area contributed by atoms with E-state index in [9.17, 15) is 22.4 Å². The summed E-state index contributed by atoms with van der Waals surface area (Å²) in [5.74, 6) is -0.932. The molecule has 0 fully saturated rings. The molecule has 150 valence electrons. The van der Waals surface area contributed by atoms with Crippen LogP contribution in [-0.2, 0) is 19.6 Å². The molecular weight excluding hydrogens is 389 g/mol. The molecule has 2 rings (SSSR count). The Kier molecular flexibility index (Phi) is 7.07. The molecule has 0 aliphatic rings. The van der Waals surface area contributed by atoms with Crippen molar-refractivity contribution < 1.29 is 27.1 Å². The number of sulfonamides is 1. The van der Waals surface area contributed by atoms with Gasteiger partial charge in [0.2, 0.25) is 15.9 Å². The van der Waals surface area contributed by atoms with Crippen LogP contribution in [-0.4, -0.2) is 41.1 Å². The zero-order chi connectivity index (χ0) is 20.7. The molecule has 0 saturated heterocycles. The molecule has 8 nitrogen and oxygen atoms in total. The van der Waals surface area contributed by atoms with E-state index in [2.05, 4.69) is 14.8 Å². The largest absolute Gasteiger partial charge is 0.452 e. The van der Waals surface area contributed by atoms with E-state index in [1.165, 1.54) is 12.0 Å². The normalized spacial score (nSPS) is 11.0. The molecule has 10 heteroatoms. The van der Waals surface area contributed by atoms with Crippen molar-refractivity contribution in [2.24, 2.45) is 0 Å². The lowest BCUT2D eigenvalue weighted by Crippen LogP contribution is -2.28. The molecule has 2 amide bonds. The Balaban J connectivity index is 1.85. The number of nitrogens with one attached hydrogen (secondary N) is 2. The van der Waals surface area contributed by atoms with Gasteiger partial charge in [-0.15, -0.1) is 0 Å². The Hall–Kier alpha value is -2.98. The van der Waals surface area contributed by atoms with Crippen LogP contribution < -0.4 is 14.9 Å². The zero-order valence-corrected chi connectivity index (χ0v) is 16.1. The van der Waals surface area contributed by atoms with E-state index in [0.29, 0.717) is 11.4 Å². The van der Waals surface area contributed by atoms with Crippen LogP contribution >= 0.6 is 0 Å². The molecule has 0 heterocycles. The standard InChI is InChI=1S/C18H20FN3O5S/c1-22(18(24)27-2)15-7-5-14(6-8-15)21-17(23)11-12-20-28(25,26)16-9-3-13(19)4-10-16/h3-10,20H,11-12H2,1-2H3,(H,21,23). The third-order valence-corrected chi connectivity index (χ3v) is 5.23. The highest BCUT2D eigenvalue weighted by Gasteiger charge is 2.14. The van der Waals surface area contributed by atoms with Crippen LogP contribution in [0, 0.1) is 5.82 Å². The van der Waals surface area contributed by atoms with Crippen LogP contribution in [0.3, 0.4) is 0 Å². The number of benzene rings is 2. The molecule has 2 aromatic rings. The van der Waals surface area contributed by atoms with Crippen LogP contribution in [0.25, 0.3) is 0 Å². The lowest BCUT2D eigenvalue weighted by Gasteiger charge is -2.16. The van der Waals surface area contributed by atoms with Crippen LogP contribution in [0.5, 0.6) is 0 Å². The van der Waals surface area contributed by atoms with Gasteiger partial charge < -0.3 is 10.1 Å². The number of amides is 2. The highest BCUT2D eigenvalue weighted by atomic mass is 32.2. The van der Waals surface area contributed by atoms with Gasteiger partial charge in [-0.2, -0.15) is 0 Å². The first-order valence-corrected chi connectivity index (χ1v) is 9.68. The Bertz CT molecular complexity index is 931. The minimum Gasteiger partial charge on any atom is -0.452 e. The molecule has 0 radical (unpaired) electrons. The summed E-state index contributed by atoms with van der Waals surface area (Å²) in [5, 5.41) is 2.63. The molecule has 0 aliphatic carbocycles. The maximum atomic E-state index is 12.9. The van der Waals surface area contributed by atoms with Crippen molar-refractivity contribution in [3.63, 3.8) is 0 Å². The predicted octanol–water partition coefficient (Wildman–Crippen LogP) is 2.34. The van der Waals surface area contributed by atoms with E-state index in [-0.39, 0.29) is 17.9 Å². The number of halogens is 1. The van der Waals surface area contributed by atoms with Crippen molar-refractivity contribution in [1.29, 1.82) is 0 Å². The Morgan fingerprint density at radius 3 is 2.25 bits per heavy atom. The smallest absolute Gasteiger partial charge is 0.413 e. The summed E-state index contributed by atoms with van der Waals surface area (Å²) in [6.07, 6.45) is -0.616. The first-order chi connectivity index (χ1) is 13.2. The minimum atomic E-state index is -3.82. The van der Waals surface area contributed by atoms with Gasteiger partial charge in [-0.1, -0.05) is 0 Å². The molecule has 2 N–H and O–H groups in total. The van der Waals surface area contributed by atoms with E-state index in [4.69, 9.17) is 0 Å². The minimum absolute atomic E-state index is 0.0837. The van der Waals surface area contributed by atoms with Crippen LogP contribution in [0.1, 0.15) is 6.42 Å². The van der Waals surface area contributed by atoms with Gasteiger partial charge in [-0.25, -0.2) is 22.3 Å². The van der Waals surface area contributed by atoms with E-state index in [0.717, 1.165) is 24.3 Å². The SMILES string of the molecule is COC(=O)N(C)c1ccc(NC(=O)CCNS(=O)(=O)c2ccc(F)cc2)cc1. The second-order valence-corrected chi connectivity index (χ2v) is 7.49. The fraction of sp³-hybridized carbons (Fsp3) is 0.222. The van der Waals surface area contributed by atoms with Gasteiger partial charge in [0, 0.05) is 31.4 Å². The van der Waals surface area contributed by atoms with E-state index in [1.54, 1.807) is 31.3 Å². The van der Waals surface area contributed by atoms with Crippen molar-refractivity contribution in [3.8, 4) is 0 Å². The molecule has 2 aromatic carbocycles.